The van der Waals surface area contributed by atoms with Crippen LogP contribution in [0.4, 0.5) is 17.1 Å². The number of aryl methyl sites for hydroxylation is 1. The Morgan fingerprint density at radius 3 is 1.90 bits per heavy atom. The van der Waals surface area contributed by atoms with Gasteiger partial charge in [0.1, 0.15) is 0 Å². The third-order valence-corrected chi connectivity index (χ3v) is 14.9. The van der Waals surface area contributed by atoms with Crippen molar-refractivity contribution in [2.75, 3.05) is 4.90 Å². The zero-order chi connectivity index (χ0) is 48.8. The van der Waals surface area contributed by atoms with Crippen LogP contribution in [0, 0.1) is 6.92 Å². The van der Waals surface area contributed by atoms with Crippen molar-refractivity contribution in [1.29, 1.82) is 0 Å². The third kappa shape index (κ3) is 9.52. The molecule has 0 aliphatic heterocycles. The lowest BCUT2D eigenvalue weighted by Gasteiger charge is -2.27. The molecule has 0 N–H and O–H groups in total. The van der Waals surface area contributed by atoms with Crippen molar-refractivity contribution < 1.29 is 0 Å². The van der Waals surface area contributed by atoms with Crippen LogP contribution < -0.4 is 4.90 Å². The third-order valence-electron chi connectivity index (χ3n) is 14.9. The average Bonchev–Trinajstić information content (AvgIpc) is 3.64. The van der Waals surface area contributed by atoms with Crippen molar-refractivity contribution in [3.05, 3.63) is 227 Å². The molecule has 3 aliphatic rings. The molecule has 0 saturated carbocycles. The first kappa shape index (κ1) is 48.1. The van der Waals surface area contributed by atoms with Gasteiger partial charge in [-0.2, -0.15) is 0 Å². The lowest BCUT2D eigenvalue weighted by molar-refractivity contribution is 0.660. The van der Waals surface area contributed by atoms with Crippen molar-refractivity contribution in [2.24, 2.45) is 0 Å². The van der Waals surface area contributed by atoms with E-state index in [9.17, 15) is 0 Å². The maximum atomic E-state index is 2.48. The Morgan fingerprint density at radius 2 is 1.21 bits per heavy atom. The molecule has 0 heterocycles. The smallest absolute Gasteiger partial charge is 0.0467 e. The molecule has 0 amide bonds. The first-order valence-corrected chi connectivity index (χ1v) is 26.2. The minimum atomic E-state index is -0.149. The van der Waals surface area contributed by atoms with Gasteiger partial charge < -0.3 is 4.90 Å². The maximum Gasteiger partial charge on any atom is 0.0467 e. The summed E-state index contributed by atoms with van der Waals surface area (Å²) in [6, 6.07) is 57.4. The Labute approximate surface area is 420 Å². The van der Waals surface area contributed by atoms with Crippen LogP contribution >= 0.6 is 0 Å². The summed E-state index contributed by atoms with van der Waals surface area (Å²) < 4.78 is 0. The van der Waals surface area contributed by atoms with Gasteiger partial charge in [0.2, 0.25) is 0 Å². The van der Waals surface area contributed by atoms with Crippen LogP contribution in [0.5, 0.6) is 0 Å². The quantitative estimate of drug-likeness (QED) is 0.110. The van der Waals surface area contributed by atoms with Crippen molar-refractivity contribution in [3.63, 3.8) is 0 Å². The molecule has 0 spiro atoms. The Bertz CT molecular complexity index is 3150. The van der Waals surface area contributed by atoms with Gasteiger partial charge in [0.15, 0.2) is 0 Å². The molecule has 0 atom stereocenters. The summed E-state index contributed by atoms with van der Waals surface area (Å²) in [6.45, 7) is 17.7. The average molecular weight is 914 g/mol. The molecule has 7 aromatic rings. The summed E-state index contributed by atoms with van der Waals surface area (Å²) in [7, 11) is 0. The summed E-state index contributed by atoms with van der Waals surface area (Å²) in [6.07, 6.45) is 23.4. The fourth-order valence-corrected chi connectivity index (χ4v) is 11.3. The largest absolute Gasteiger partial charge is 0.310 e. The summed E-state index contributed by atoms with van der Waals surface area (Å²) in [5, 5.41) is 0. The molecule has 10 rings (SSSR count). The van der Waals surface area contributed by atoms with E-state index in [0.717, 1.165) is 29.9 Å². The van der Waals surface area contributed by atoms with E-state index in [1.165, 1.54) is 128 Å². The van der Waals surface area contributed by atoms with Crippen LogP contribution in [0.3, 0.4) is 0 Å². The number of benzene rings is 7. The molecule has 0 unspecified atom stereocenters. The first-order valence-electron chi connectivity index (χ1n) is 26.2. The number of nitrogens with zero attached hydrogens (tertiary/aromatic N) is 1. The lowest BCUT2D eigenvalue weighted by Crippen LogP contribution is -2.15. The van der Waals surface area contributed by atoms with E-state index in [0.29, 0.717) is 0 Å². The van der Waals surface area contributed by atoms with Crippen molar-refractivity contribution >= 4 is 33.8 Å². The monoisotopic (exact) mass is 914 g/mol. The van der Waals surface area contributed by atoms with Crippen LogP contribution in [0.2, 0.25) is 0 Å². The zero-order valence-corrected chi connectivity index (χ0v) is 43.0. The van der Waals surface area contributed by atoms with E-state index >= 15 is 0 Å². The normalized spacial score (nSPS) is 15.0. The standard InChI is InChI=1S/C67H65N.C2H6/c1-7-19-47(9-3)62-44-56(49-23-14-11-15-24-49)45-65-66(62)63-43-55(35-40-64(63)67(65,5)6)53-26-18-27-59(41-53)68(57-36-31-50(32-37-57)48-21-12-10-13-22-48)58-38-33-51(34-39-58)54-30-29-46(4)61(42-54)60-28-17-16-25-52(60)20-8-2;1-2/h7,9-10,12-14,18-19,21-24,26-27,29-45H,8,11,15-17,20,25,28H2,1-6H3;1-2H3/b19-7-,47-9+;. The number of anilines is 3. The molecule has 1 heteroatoms. The van der Waals surface area contributed by atoms with Crippen molar-refractivity contribution in [2.45, 2.75) is 112 Å². The minimum absolute atomic E-state index is 0.149. The van der Waals surface area contributed by atoms with Gasteiger partial charge in [-0.3, -0.25) is 0 Å². The molecule has 0 aromatic heterocycles. The Balaban J connectivity index is 0.00000300. The van der Waals surface area contributed by atoms with E-state index in [1.807, 2.05) is 13.8 Å². The highest BCUT2D eigenvalue weighted by Gasteiger charge is 2.38. The predicted octanol–water partition coefficient (Wildman–Crippen LogP) is 20.6. The van der Waals surface area contributed by atoms with E-state index in [4.69, 9.17) is 0 Å². The highest BCUT2D eigenvalue weighted by atomic mass is 15.1. The molecule has 0 fully saturated rings. The molecule has 0 bridgehead atoms. The number of hydrogen-bond acceptors (Lipinski definition) is 1. The summed E-state index contributed by atoms with van der Waals surface area (Å²) in [5.41, 5.74) is 27.4. The number of hydrogen-bond donors (Lipinski definition) is 0. The van der Waals surface area contributed by atoms with Gasteiger partial charge in [-0.15, -0.1) is 0 Å². The van der Waals surface area contributed by atoms with Crippen molar-refractivity contribution in [1.82, 2.24) is 0 Å². The van der Waals surface area contributed by atoms with Gasteiger partial charge in [-0.25, -0.2) is 0 Å². The summed E-state index contributed by atoms with van der Waals surface area (Å²) in [4.78, 5) is 2.42. The van der Waals surface area contributed by atoms with Gasteiger partial charge in [-0.05, 0) is 221 Å². The predicted molar refractivity (Wildman–Crippen MR) is 306 cm³/mol. The lowest BCUT2D eigenvalue weighted by atomic mass is 9.80. The molecule has 1 nitrogen and oxygen atoms in total. The summed E-state index contributed by atoms with van der Waals surface area (Å²) >= 11 is 0. The van der Waals surface area contributed by atoms with Crippen molar-refractivity contribution in [3.8, 4) is 44.5 Å². The van der Waals surface area contributed by atoms with Gasteiger partial charge >= 0.3 is 0 Å². The highest BCUT2D eigenvalue weighted by Crippen LogP contribution is 2.53. The Kier molecular flexibility index (Phi) is 14.7. The number of rotatable bonds is 12. The molecule has 3 aliphatic carbocycles. The molecule has 0 saturated heterocycles. The summed E-state index contributed by atoms with van der Waals surface area (Å²) in [5.74, 6) is 0. The fraction of sp³-hybridized carbons (Fsp3) is 0.246. The van der Waals surface area contributed by atoms with Gasteiger partial charge in [0.05, 0.1) is 0 Å². The number of allylic oxidation sites excluding steroid dienone is 10. The highest BCUT2D eigenvalue weighted by molar-refractivity contribution is 5.96. The zero-order valence-electron chi connectivity index (χ0n) is 43.0. The van der Waals surface area contributed by atoms with Crippen LogP contribution in [0.25, 0.3) is 61.2 Å². The van der Waals surface area contributed by atoms with Gasteiger partial charge in [0, 0.05) is 22.5 Å². The molecule has 7 aromatic carbocycles. The number of fused-ring (bicyclic) bond motifs is 3. The molecular formula is C69H71N. The molecule has 0 radical (unpaired) electrons. The Hall–Kier alpha value is -6.96. The van der Waals surface area contributed by atoms with Gasteiger partial charge in [0.25, 0.3) is 0 Å². The molecule has 352 valence electrons. The van der Waals surface area contributed by atoms with Crippen LogP contribution in [-0.4, -0.2) is 0 Å². The van der Waals surface area contributed by atoms with Crippen LogP contribution in [0.1, 0.15) is 133 Å². The second kappa shape index (κ2) is 21.4. The fourth-order valence-electron chi connectivity index (χ4n) is 11.3. The van der Waals surface area contributed by atoms with Crippen LogP contribution in [0.15, 0.2) is 194 Å². The van der Waals surface area contributed by atoms with E-state index in [2.05, 4.69) is 235 Å². The second-order valence-electron chi connectivity index (χ2n) is 19.6. The topological polar surface area (TPSA) is 3.24 Å². The Morgan fingerprint density at radius 1 is 0.586 bits per heavy atom. The molecule has 70 heavy (non-hydrogen) atoms. The second-order valence-corrected chi connectivity index (χ2v) is 19.6. The van der Waals surface area contributed by atoms with Crippen LogP contribution in [-0.2, 0) is 5.41 Å². The molecular weight excluding hydrogens is 843 g/mol. The first-order chi connectivity index (χ1) is 34.2. The maximum absolute atomic E-state index is 2.48. The minimum Gasteiger partial charge on any atom is -0.310 e. The van der Waals surface area contributed by atoms with E-state index < -0.39 is 0 Å². The van der Waals surface area contributed by atoms with E-state index in [-0.39, 0.29) is 5.41 Å². The SMILES string of the molecule is C/C=C\C(=C/C)c1cc(C2=CCCC=C2)cc2c1-c1cc(-c3cccc(N(c4ccc(-c5ccccc5)cc4)c4ccc(-c5ccc(C)c(C6=C(CCC)CCCC6)c5)cc4)c3)ccc1C2(C)C.CC. The van der Waals surface area contributed by atoms with Gasteiger partial charge in [-0.1, -0.05) is 174 Å². The van der Waals surface area contributed by atoms with E-state index in [1.54, 1.807) is 11.1 Å².